The van der Waals surface area contributed by atoms with Gasteiger partial charge in [0.05, 0.1) is 0 Å². The molecule has 0 aliphatic heterocycles. The smallest absolute Gasteiger partial charge is 0.0459 e. The molecule has 1 rings (SSSR count). The summed E-state index contributed by atoms with van der Waals surface area (Å²) in [6.07, 6.45) is 3.14. The third-order valence-electron chi connectivity index (χ3n) is 2.82. The third-order valence-corrected chi connectivity index (χ3v) is 3.17. The molecule has 0 saturated carbocycles. The zero-order valence-electron chi connectivity index (χ0n) is 10.9. The molecule has 0 amide bonds. The van der Waals surface area contributed by atoms with Gasteiger partial charge in [-0.15, -0.1) is 0 Å². The SMILES string of the molecule is CCCN(CCC)c1cccc(Cl)c1CCN. The van der Waals surface area contributed by atoms with Gasteiger partial charge in [-0.3, -0.25) is 0 Å². The lowest BCUT2D eigenvalue weighted by Gasteiger charge is -2.27. The lowest BCUT2D eigenvalue weighted by molar-refractivity contribution is 0.739. The van der Waals surface area contributed by atoms with Gasteiger partial charge in [0.15, 0.2) is 0 Å². The topological polar surface area (TPSA) is 29.3 Å². The summed E-state index contributed by atoms with van der Waals surface area (Å²) < 4.78 is 0. The number of hydrogen-bond donors (Lipinski definition) is 1. The highest BCUT2D eigenvalue weighted by Crippen LogP contribution is 2.28. The van der Waals surface area contributed by atoms with Gasteiger partial charge in [0, 0.05) is 23.8 Å². The molecule has 0 aromatic heterocycles. The van der Waals surface area contributed by atoms with Crippen LogP contribution in [-0.4, -0.2) is 19.6 Å². The zero-order chi connectivity index (χ0) is 12.7. The van der Waals surface area contributed by atoms with Crippen molar-refractivity contribution in [2.45, 2.75) is 33.1 Å². The van der Waals surface area contributed by atoms with Crippen molar-refractivity contribution < 1.29 is 0 Å². The van der Waals surface area contributed by atoms with Gasteiger partial charge in [-0.1, -0.05) is 31.5 Å². The van der Waals surface area contributed by atoms with E-state index in [0.717, 1.165) is 37.4 Å². The summed E-state index contributed by atoms with van der Waals surface area (Å²) >= 11 is 6.27. The average molecular weight is 255 g/mol. The molecular weight excluding hydrogens is 232 g/mol. The van der Waals surface area contributed by atoms with Gasteiger partial charge in [0.1, 0.15) is 0 Å². The van der Waals surface area contributed by atoms with E-state index >= 15 is 0 Å². The minimum Gasteiger partial charge on any atom is -0.371 e. The second-order valence-electron chi connectivity index (χ2n) is 4.26. The molecule has 0 saturated heterocycles. The van der Waals surface area contributed by atoms with E-state index in [1.54, 1.807) is 0 Å². The van der Waals surface area contributed by atoms with Gasteiger partial charge in [-0.25, -0.2) is 0 Å². The van der Waals surface area contributed by atoms with Gasteiger partial charge >= 0.3 is 0 Å². The van der Waals surface area contributed by atoms with Crippen LogP contribution in [0.1, 0.15) is 32.3 Å². The molecule has 0 fully saturated rings. The number of benzene rings is 1. The highest BCUT2D eigenvalue weighted by Gasteiger charge is 2.11. The summed E-state index contributed by atoms with van der Waals surface area (Å²) in [6, 6.07) is 6.13. The van der Waals surface area contributed by atoms with Crippen LogP contribution in [0.5, 0.6) is 0 Å². The first-order chi connectivity index (χ1) is 8.24. The molecule has 17 heavy (non-hydrogen) atoms. The second-order valence-corrected chi connectivity index (χ2v) is 4.67. The Morgan fingerprint density at radius 2 is 1.82 bits per heavy atom. The van der Waals surface area contributed by atoms with Crippen molar-refractivity contribution in [1.82, 2.24) is 0 Å². The largest absolute Gasteiger partial charge is 0.371 e. The Hall–Kier alpha value is -0.730. The minimum atomic E-state index is 0.642. The van der Waals surface area contributed by atoms with Crippen LogP contribution in [0.25, 0.3) is 0 Å². The molecule has 0 atom stereocenters. The van der Waals surface area contributed by atoms with E-state index in [-0.39, 0.29) is 0 Å². The highest BCUT2D eigenvalue weighted by atomic mass is 35.5. The van der Waals surface area contributed by atoms with Crippen LogP contribution in [-0.2, 0) is 6.42 Å². The Kier molecular flexibility index (Phi) is 6.38. The van der Waals surface area contributed by atoms with Crippen LogP contribution in [0.4, 0.5) is 5.69 Å². The molecule has 3 heteroatoms. The van der Waals surface area contributed by atoms with Gasteiger partial charge in [-0.05, 0) is 43.5 Å². The molecule has 1 aromatic carbocycles. The van der Waals surface area contributed by atoms with E-state index in [1.807, 2.05) is 12.1 Å². The van der Waals surface area contributed by atoms with Crippen molar-refractivity contribution in [2.75, 3.05) is 24.5 Å². The first-order valence-corrected chi connectivity index (χ1v) is 6.84. The van der Waals surface area contributed by atoms with Crippen LogP contribution in [0.2, 0.25) is 5.02 Å². The molecule has 0 aliphatic carbocycles. The van der Waals surface area contributed by atoms with Gasteiger partial charge in [0.25, 0.3) is 0 Å². The number of hydrogen-bond acceptors (Lipinski definition) is 2. The van der Waals surface area contributed by atoms with Gasteiger partial charge in [-0.2, -0.15) is 0 Å². The van der Waals surface area contributed by atoms with Crippen LogP contribution < -0.4 is 10.6 Å². The van der Waals surface area contributed by atoms with Crippen molar-refractivity contribution in [1.29, 1.82) is 0 Å². The van der Waals surface area contributed by atoms with E-state index in [2.05, 4.69) is 24.8 Å². The summed E-state index contributed by atoms with van der Waals surface area (Å²) in [4.78, 5) is 2.41. The fourth-order valence-electron chi connectivity index (χ4n) is 2.13. The monoisotopic (exact) mass is 254 g/mol. The lowest BCUT2D eigenvalue weighted by atomic mass is 10.1. The molecule has 2 N–H and O–H groups in total. The van der Waals surface area contributed by atoms with Crippen LogP contribution >= 0.6 is 11.6 Å². The molecule has 1 aromatic rings. The minimum absolute atomic E-state index is 0.642. The summed E-state index contributed by atoms with van der Waals surface area (Å²) in [5, 5.41) is 0.838. The van der Waals surface area contributed by atoms with E-state index in [4.69, 9.17) is 17.3 Å². The maximum absolute atomic E-state index is 6.27. The molecule has 0 unspecified atom stereocenters. The summed E-state index contributed by atoms with van der Waals surface area (Å²) in [5.41, 5.74) is 8.12. The molecule has 0 radical (unpaired) electrons. The standard InChI is InChI=1S/C14H23ClN2/c1-3-10-17(11-4-2)14-7-5-6-13(15)12(14)8-9-16/h5-7H,3-4,8-11,16H2,1-2H3. The van der Waals surface area contributed by atoms with Gasteiger partial charge in [0.2, 0.25) is 0 Å². The fourth-order valence-corrected chi connectivity index (χ4v) is 2.39. The number of nitrogens with two attached hydrogens (primary N) is 1. The Morgan fingerprint density at radius 3 is 2.35 bits per heavy atom. The zero-order valence-corrected chi connectivity index (χ0v) is 11.6. The van der Waals surface area contributed by atoms with E-state index in [9.17, 15) is 0 Å². The predicted molar refractivity (Wildman–Crippen MR) is 77.0 cm³/mol. The first-order valence-electron chi connectivity index (χ1n) is 6.47. The van der Waals surface area contributed by atoms with Crippen molar-refractivity contribution in [3.8, 4) is 0 Å². The second kappa shape index (κ2) is 7.57. The Morgan fingerprint density at radius 1 is 1.18 bits per heavy atom. The number of halogens is 1. The molecule has 0 heterocycles. The maximum Gasteiger partial charge on any atom is 0.0459 e. The Labute approximate surface area is 110 Å². The van der Waals surface area contributed by atoms with Crippen molar-refractivity contribution >= 4 is 17.3 Å². The maximum atomic E-state index is 6.27. The van der Waals surface area contributed by atoms with Gasteiger partial charge < -0.3 is 10.6 Å². The molecule has 2 nitrogen and oxygen atoms in total. The van der Waals surface area contributed by atoms with E-state index < -0.39 is 0 Å². The van der Waals surface area contributed by atoms with Crippen molar-refractivity contribution in [3.63, 3.8) is 0 Å². The summed E-state index contributed by atoms with van der Waals surface area (Å²) in [6.45, 7) is 7.20. The third kappa shape index (κ3) is 3.90. The molecule has 0 aliphatic rings. The Bertz CT molecular complexity index is 333. The summed E-state index contributed by atoms with van der Waals surface area (Å²) in [7, 11) is 0. The first kappa shape index (κ1) is 14.3. The molecular formula is C14H23ClN2. The molecule has 0 bridgehead atoms. The van der Waals surface area contributed by atoms with Crippen LogP contribution in [0, 0.1) is 0 Å². The summed E-state index contributed by atoms with van der Waals surface area (Å²) in [5.74, 6) is 0. The van der Waals surface area contributed by atoms with Crippen LogP contribution in [0.3, 0.4) is 0 Å². The number of rotatable bonds is 7. The molecule has 0 spiro atoms. The highest BCUT2D eigenvalue weighted by molar-refractivity contribution is 6.31. The van der Waals surface area contributed by atoms with E-state index in [1.165, 1.54) is 11.3 Å². The van der Waals surface area contributed by atoms with Crippen molar-refractivity contribution in [2.24, 2.45) is 5.73 Å². The van der Waals surface area contributed by atoms with Crippen LogP contribution in [0.15, 0.2) is 18.2 Å². The van der Waals surface area contributed by atoms with Crippen molar-refractivity contribution in [3.05, 3.63) is 28.8 Å². The Balaban J connectivity index is 3.03. The number of nitrogens with zero attached hydrogens (tertiary/aromatic N) is 1. The normalized spacial score (nSPS) is 10.6. The molecule has 96 valence electrons. The lowest BCUT2D eigenvalue weighted by Crippen LogP contribution is -2.26. The average Bonchev–Trinajstić information content (AvgIpc) is 2.32. The number of anilines is 1. The predicted octanol–water partition coefficient (Wildman–Crippen LogP) is 3.47. The van der Waals surface area contributed by atoms with E-state index in [0.29, 0.717) is 6.54 Å². The fraction of sp³-hybridized carbons (Fsp3) is 0.571. The quantitative estimate of drug-likeness (QED) is 0.807.